The predicted molar refractivity (Wildman–Crippen MR) is 138 cm³/mol. The monoisotopic (exact) mass is 468 g/mol. The minimum atomic E-state index is -0.0206. The Bertz CT molecular complexity index is 563. The van der Waals surface area contributed by atoms with Gasteiger partial charge in [0.1, 0.15) is 0 Å². The molecule has 6 nitrogen and oxygen atoms in total. The van der Waals surface area contributed by atoms with E-state index in [-0.39, 0.29) is 30.5 Å². The molecule has 0 N–H and O–H groups in total. The fraction of sp³-hybridized carbons (Fsp3) is 0.778. The zero-order valence-corrected chi connectivity index (χ0v) is 22.6. The van der Waals surface area contributed by atoms with Gasteiger partial charge in [0, 0.05) is 48.4 Å². The van der Waals surface area contributed by atoms with Crippen molar-refractivity contribution in [3.05, 3.63) is 41.3 Å². The van der Waals surface area contributed by atoms with Gasteiger partial charge in [-0.15, -0.1) is 12.6 Å². The second-order valence-corrected chi connectivity index (χ2v) is 8.80. The van der Waals surface area contributed by atoms with Gasteiger partial charge in [0.25, 0.3) is 0 Å². The summed E-state index contributed by atoms with van der Waals surface area (Å²) in [6, 6.07) is 0.336. The first-order valence-electron chi connectivity index (χ1n) is 12.0. The van der Waals surface area contributed by atoms with Gasteiger partial charge in [-0.2, -0.15) is 7.05 Å². The van der Waals surface area contributed by atoms with Crippen LogP contribution in [0.15, 0.2) is 36.0 Å². The average molecular weight is 469 g/mol. The Morgan fingerprint density at radius 3 is 1.67 bits per heavy atom. The molecule has 6 atom stereocenters. The molecule has 0 saturated carbocycles. The van der Waals surface area contributed by atoms with E-state index in [9.17, 15) is 0 Å². The number of rotatable bonds is 20. The molecular weight excluding hydrogens is 418 g/mol. The minimum absolute atomic E-state index is 0.00959. The summed E-state index contributed by atoms with van der Waals surface area (Å²) in [7, 11) is 10.6. The highest BCUT2D eigenvalue weighted by atomic mass is 16.5. The van der Waals surface area contributed by atoms with Crippen molar-refractivity contribution in [2.75, 3.05) is 42.6 Å². The molecule has 0 radical (unpaired) electrons. The van der Waals surface area contributed by atoms with E-state index >= 15 is 0 Å². The molecule has 0 aromatic carbocycles. The zero-order valence-electron chi connectivity index (χ0n) is 22.6. The lowest BCUT2D eigenvalue weighted by Crippen LogP contribution is -2.31. The lowest BCUT2D eigenvalue weighted by Gasteiger charge is -2.28. The average Bonchev–Trinajstić information content (AvgIpc) is 2.82. The van der Waals surface area contributed by atoms with Crippen molar-refractivity contribution in [1.82, 2.24) is 0 Å². The van der Waals surface area contributed by atoms with Crippen molar-refractivity contribution >= 4 is 0 Å². The summed E-state index contributed by atoms with van der Waals surface area (Å²) < 4.78 is 28.7. The van der Waals surface area contributed by atoms with Crippen molar-refractivity contribution in [3.63, 3.8) is 0 Å². The van der Waals surface area contributed by atoms with Gasteiger partial charge >= 0.3 is 0 Å². The van der Waals surface area contributed by atoms with Crippen LogP contribution in [-0.2, 0) is 23.7 Å². The summed E-state index contributed by atoms with van der Waals surface area (Å²) in [5, 5.41) is 4.29. The fourth-order valence-electron chi connectivity index (χ4n) is 3.90. The second-order valence-electron chi connectivity index (χ2n) is 8.80. The van der Waals surface area contributed by atoms with Gasteiger partial charge in [0.05, 0.1) is 30.5 Å². The second kappa shape index (κ2) is 19.3. The molecule has 0 aliphatic carbocycles. The van der Waals surface area contributed by atoms with E-state index < -0.39 is 0 Å². The zero-order chi connectivity index (χ0) is 25.2. The van der Waals surface area contributed by atoms with Crippen molar-refractivity contribution in [2.24, 2.45) is 0 Å². The molecule has 0 heterocycles. The van der Waals surface area contributed by atoms with Crippen LogP contribution in [0.1, 0.15) is 59.3 Å². The molecule has 33 heavy (non-hydrogen) atoms. The first-order chi connectivity index (χ1) is 15.8. The summed E-state index contributed by atoms with van der Waals surface area (Å²) >= 11 is 0. The van der Waals surface area contributed by atoms with Crippen LogP contribution in [0.25, 0.3) is 5.32 Å². The normalized spacial score (nSPS) is 18.5. The third-order valence-corrected chi connectivity index (χ3v) is 6.29. The van der Waals surface area contributed by atoms with E-state index in [1.807, 2.05) is 13.1 Å². The molecule has 0 spiro atoms. The summed E-state index contributed by atoms with van der Waals surface area (Å²) in [6.07, 6.45) is 11.3. The molecule has 0 amide bonds. The topological polar surface area (TPSA) is 60.3 Å². The van der Waals surface area contributed by atoms with E-state index in [0.717, 1.165) is 38.5 Å². The van der Waals surface area contributed by atoms with Crippen LogP contribution in [0, 0.1) is 0 Å². The van der Waals surface area contributed by atoms with Crippen LogP contribution in [0.2, 0.25) is 0 Å². The van der Waals surface area contributed by atoms with Crippen LogP contribution in [0.5, 0.6) is 0 Å². The van der Waals surface area contributed by atoms with Crippen LogP contribution >= 0.6 is 0 Å². The number of ether oxygens (including phenoxy) is 5. The standard InChI is InChI=1S/C27H50NO5/c1-11-12-23(29-6)16-24(30-7)17-25(31-8)18-26(32-9)19-27(33-10)21(3)15-20(2)13-14-22(4)28-5/h11,13,15,22-27H,1,12,14,16-19H2,2-10H3/q-1/b20-13+,21-15+/t22-,23-,24-,25-,26-,27-/m0/s1. The molecule has 0 aliphatic rings. The molecule has 0 aliphatic heterocycles. The van der Waals surface area contributed by atoms with Crippen molar-refractivity contribution < 1.29 is 23.7 Å². The quantitative estimate of drug-likeness (QED) is 0.165. The van der Waals surface area contributed by atoms with E-state index in [2.05, 4.69) is 44.8 Å². The van der Waals surface area contributed by atoms with Crippen molar-refractivity contribution in [1.29, 1.82) is 0 Å². The van der Waals surface area contributed by atoms with Crippen molar-refractivity contribution in [2.45, 2.75) is 95.9 Å². The van der Waals surface area contributed by atoms with Gasteiger partial charge in [-0.1, -0.05) is 37.1 Å². The Morgan fingerprint density at radius 2 is 1.24 bits per heavy atom. The Hall–Kier alpha value is -1.02. The van der Waals surface area contributed by atoms with Crippen LogP contribution in [-0.4, -0.2) is 79.2 Å². The molecule has 6 heteroatoms. The number of allylic oxidation sites excluding steroid dienone is 2. The summed E-state index contributed by atoms with van der Waals surface area (Å²) in [6.45, 7) is 10.2. The number of nitrogens with zero attached hydrogens (tertiary/aromatic N) is 1. The first-order valence-corrected chi connectivity index (χ1v) is 12.0. The molecular formula is C27H50NO5-. The van der Waals surface area contributed by atoms with E-state index in [1.54, 1.807) is 35.5 Å². The summed E-state index contributed by atoms with van der Waals surface area (Å²) in [4.78, 5) is 0. The molecule has 0 bridgehead atoms. The summed E-state index contributed by atoms with van der Waals surface area (Å²) in [5.41, 5.74) is 2.41. The van der Waals surface area contributed by atoms with E-state index in [4.69, 9.17) is 23.7 Å². The first kappa shape index (κ1) is 32.0. The van der Waals surface area contributed by atoms with Gasteiger partial charge in [-0.25, -0.2) is 0 Å². The maximum Gasteiger partial charge on any atom is 0.0806 e. The smallest absolute Gasteiger partial charge is 0.0806 e. The highest BCUT2D eigenvalue weighted by molar-refractivity contribution is 5.23. The fourth-order valence-corrected chi connectivity index (χ4v) is 3.90. The highest BCUT2D eigenvalue weighted by Gasteiger charge is 2.25. The van der Waals surface area contributed by atoms with E-state index in [0.29, 0.717) is 6.04 Å². The largest absolute Gasteiger partial charge is 0.662 e. The van der Waals surface area contributed by atoms with Crippen LogP contribution in [0.4, 0.5) is 0 Å². The predicted octanol–water partition coefficient (Wildman–Crippen LogP) is 5.87. The Labute approximate surface area is 203 Å². The molecule has 0 aromatic rings. The van der Waals surface area contributed by atoms with Gasteiger partial charge in [0.2, 0.25) is 0 Å². The lowest BCUT2D eigenvalue weighted by atomic mass is 9.95. The lowest BCUT2D eigenvalue weighted by molar-refractivity contribution is -0.0388. The van der Waals surface area contributed by atoms with Gasteiger partial charge < -0.3 is 29.0 Å². The van der Waals surface area contributed by atoms with E-state index in [1.165, 1.54) is 11.1 Å². The third-order valence-electron chi connectivity index (χ3n) is 6.29. The molecule has 0 aromatic heterocycles. The molecule has 0 rings (SSSR count). The number of hydrogen-bond acceptors (Lipinski definition) is 5. The van der Waals surface area contributed by atoms with Crippen LogP contribution in [0.3, 0.4) is 0 Å². The Morgan fingerprint density at radius 1 is 0.758 bits per heavy atom. The third kappa shape index (κ3) is 14.1. The maximum absolute atomic E-state index is 5.83. The van der Waals surface area contributed by atoms with Crippen molar-refractivity contribution in [3.8, 4) is 0 Å². The van der Waals surface area contributed by atoms with Gasteiger partial charge in [-0.3, -0.25) is 0 Å². The highest BCUT2D eigenvalue weighted by Crippen LogP contribution is 2.23. The Kier molecular flexibility index (Phi) is 18.7. The molecule has 0 saturated heterocycles. The van der Waals surface area contributed by atoms with Gasteiger partial charge in [0.15, 0.2) is 0 Å². The summed E-state index contributed by atoms with van der Waals surface area (Å²) in [5.74, 6) is 0. The maximum atomic E-state index is 5.83. The Balaban J connectivity index is 5.08. The number of methoxy groups -OCH3 is 5. The SMILES string of the molecule is C=CC[C@@H](C[C@@H](C[C@@H](C[C@@H](C[C@H](OC)/C(C)=C/C(C)=C/C[C@H](C)[N-]C)OC)OC)OC)OC. The van der Waals surface area contributed by atoms with Crippen LogP contribution < -0.4 is 0 Å². The molecule has 0 unspecified atom stereocenters. The molecule has 0 fully saturated rings. The molecule has 194 valence electrons. The minimum Gasteiger partial charge on any atom is -0.662 e. The number of hydrogen-bond donors (Lipinski definition) is 0. The van der Waals surface area contributed by atoms with Gasteiger partial charge in [-0.05, 0) is 38.7 Å².